The third-order valence-corrected chi connectivity index (χ3v) is 3.85. The summed E-state index contributed by atoms with van der Waals surface area (Å²) >= 11 is 9.34. The van der Waals surface area contributed by atoms with Crippen molar-refractivity contribution in [2.24, 2.45) is 5.92 Å². The highest BCUT2D eigenvalue weighted by Crippen LogP contribution is 2.27. The number of alkyl halides is 1. The fourth-order valence-corrected chi connectivity index (χ4v) is 2.24. The van der Waals surface area contributed by atoms with Crippen molar-refractivity contribution in [2.75, 3.05) is 17.7 Å². The molecule has 0 fully saturated rings. The minimum Gasteiger partial charge on any atom is -0.369 e. The van der Waals surface area contributed by atoms with Crippen LogP contribution in [0.5, 0.6) is 0 Å². The first-order valence-electron chi connectivity index (χ1n) is 5.55. The van der Waals surface area contributed by atoms with Crippen molar-refractivity contribution in [3.05, 3.63) is 34.9 Å². The lowest BCUT2D eigenvalue weighted by Crippen LogP contribution is -2.13. The van der Waals surface area contributed by atoms with Gasteiger partial charge in [-0.05, 0) is 18.1 Å². The van der Waals surface area contributed by atoms with Gasteiger partial charge in [-0.15, -0.1) is 11.6 Å². The van der Waals surface area contributed by atoms with Crippen molar-refractivity contribution >= 4 is 44.1 Å². The third kappa shape index (κ3) is 2.90. The van der Waals surface area contributed by atoms with Crippen LogP contribution in [0.25, 0.3) is 10.8 Å². The van der Waals surface area contributed by atoms with Crippen molar-refractivity contribution in [2.45, 2.75) is 6.92 Å². The van der Waals surface area contributed by atoms with E-state index in [-0.39, 0.29) is 0 Å². The zero-order valence-electron chi connectivity index (χ0n) is 9.58. The molecule has 0 bridgehead atoms. The Morgan fingerprint density at radius 2 is 2.18 bits per heavy atom. The van der Waals surface area contributed by atoms with Gasteiger partial charge in [0.2, 0.25) is 0 Å². The molecule has 0 saturated carbocycles. The first-order chi connectivity index (χ1) is 8.22. The highest BCUT2D eigenvalue weighted by molar-refractivity contribution is 9.10. The van der Waals surface area contributed by atoms with Crippen LogP contribution in [0.4, 0.5) is 5.82 Å². The van der Waals surface area contributed by atoms with Crippen LogP contribution < -0.4 is 5.32 Å². The second kappa shape index (κ2) is 5.69. The van der Waals surface area contributed by atoms with Gasteiger partial charge in [0, 0.05) is 33.9 Å². The minimum atomic E-state index is 0.431. The van der Waals surface area contributed by atoms with Crippen LogP contribution in [-0.4, -0.2) is 17.4 Å². The number of fused-ring (bicyclic) bond motifs is 1. The fourth-order valence-electron chi connectivity index (χ4n) is 1.64. The first-order valence-corrected chi connectivity index (χ1v) is 6.88. The van der Waals surface area contributed by atoms with E-state index in [1.807, 2.05) is 24.4 Å². The maximum atomic E-state index is 5.79. The summed E-state index contributed by atoms with van der Waals surface area (Å²) in [6, 6.07) is 8.13. The van der Waals surface area contributed by atoms with Gasteiger partial charge in [-0.25, -0.2) is 4.98 Å². The molecule has 0 radical (unpaired) electrons. The van der Waals surface area contributed by atoms with Crippen LogP contribution in [0.15, 0.2) is 34.9 Å². The molecule has 0 spiro atoms. The molecule has 2 aromatic rings. The van der Waals surface area contributed by atoms with Gasteiger partial charge in [0.25, 0.3) is 0 Å². The second-order valence-corrected chi connectivity index (χ2v) is 5.30. The zero-order valence-corrected chi connectivity index (χ0v) is 11.9. The van der Waals surface area contributed by atoms with Crippen LogP contribution in [0.1, 0.15) is 6.92 Å². The minimum absolute atomic E-state index is 0.431. The standard InChI is InChI=1S/C13H14BrClN2/c1-9(7-15)8-17-13-11-3-2-4-12(14)10(11)5-6-16-13/h2-6,9H,7-8H2,1H3,(H,16,17). The van der Waals surface area contributed by atoms with E-state index in [1.165, 1.54) is 5.39 Å². The topological polar surface area (TPSA) is 24.9 Å². The smallest absolute Gasteiger partial charge is 0.133 e. The summed E-state index contributed by atoms with van der Waals surface area (Å²) in [6.45, 7) is 2.95. The number of rotatable bonds is 4. The number of nitrogens with zero attached hydrogens (tertiary/aromatic N) is 1. The molecule has 1 atom stereocenters. The van der Waals surface area contributed by atoms with Crippen LogP contribution in [0.2, 0.25) is 0 Å². The van der Waals surface area contributed by atoms with Gasteiger partial charge >= 0.3 is 0 Å². The fraction of sp³-hybridized carbons (Fsp3) is 0.308. The molecule has 1 N–H and O–H groups in total. The van der Waals surface area contributed by atoms with Crippen LogP contribution in [-0.2, 0) is 0 Å². The Balaban J connectivity index is 2.31. The van der Waals surface area contributed by atoms with E-state index in [9.17, 15) is 0 Å². The quantitative estimate of drug-likeness (QED) is 0.852. The number of benzene rings is 1. The molecular weight excluding hydrogens is 300 g/mol. The predicted octanol–water partition coefficient (Wildman–Crippen LogP) is 4.28. The summed E-state index contributed by atoms with van der Waals surface area (Å²) in [5.41, 5.74) is 0. The maximum Gasteiger partial charge on any atom is 0.133 e. The van der Waals surface area contributed by atoms with Crippen molar-refractivity contribution in [1.29, 1.82) is 0 Å². The molecule has 1 unspecified atom stereocenters. The maximum absolute atomic E-state index is 5.79. The zero-order chi connectivity index (χ0) is 12.3. The highest BCUT2D eigenvalue weighted by Gasteiger charge is 2.05. The van der Waals surface area contributed by atoms with E-state index in [1.54, 1.807) is 0 Å². The Kier molecular flexibility index (Phi) is 4.24. The Morgan fingerprint density at radius 3 is 2.94 bits per heavy atom. The number of pyridine rings is 1. The lowest BCUT2D eigenvalue weighted by Gasteiger charge is -2.12. The molecule has 0 saturated heterocycles. The van der Waals surface area contributed by atoms with Gasteiger partial charge in [-0.1, -0.05) is 35.0 Å². The molecule has 4 heteroatoms. The molecule has 2 nitrogen and oxygen atoms in total. The van der Waals surface area contributed by atoms with E-state index >= 15 is 0 Å². The number of hydrogen-bond donors (Lipinski definition) is 1. The number of halogens is 2. The molecule has 0 aliphatic carbocycles. The molecule has 0 aliphatic heterocycles. The van der Waals surface area contributed by atoms with Gasteiger partial charge in [0.1, 0.15) is 5.82 Å². The second-order valence-electron chi connectivity index (χ2n) is 4.13. The average molecular weight is 314 g/mol. The SMILES string of the molecule is CC(CCl)CNc1nccc2c(Br)cccc12. The predicted molar refractivity (Wildman–Crippen MR) is 77.8 cm³/mol. The summed E-state index contributed by atoms with van der Waals surface area (Å²) in [6.07, 6.45) is 1.82. The molecule has 0 aliphatic rings. The van der Waals surface area contributed by atoms with Gasteiger partial charge in [0.15, 0.2) is 0 Å². The summed E-state index contributed by atoms with van der Waals surface area (Å²) in [5, 5.41) is 5.65. The summed E-state index contributed by atoms with van der Waals surface area (Å²) < 4.78 is 1.09. The summed E-state index contributed by atoms with van der Waals surface area (Å²) in [5.74, 6) is 2.00. The molecule has 90 valence electrons. The number of anilines is 1. The first kappa shape index (κ1) is 12.7. The van der Waals surface area contributed by atoms with Crippen molar-refractivity contribution in [3.8, 4) is 0 Å². The lowest BCUT2D eigenvalue weighted by molar-refractivity contribution is 0.695. The molecule has 1 aromatic carbocycles. The molecular formula is C13H14BrClN2. The largest absolute Gasteiger partial charge is 0.369 e. The lowest BCUT2D eigenvalue weighted by atomic mass is 10.1. The molecule has 1 heterocycles. The highest BCUT2D eigenvalue weighted by atomic mass is 79.9. The van der Waals surface area contributed by atoms with Gasteiger partial charge in [-0.2, -0.15) is 0 Å². The Bertz CT molecular complexity index is 516. The Labute approximate surface area is 115 Å². The number of hydrogen-bond acceptors (Lipinski definition) is 2. The number of aromatic nitrogens is 1. The summed E-state index contributed by atoms with van der Waals surface area (Å²) in [7, 11) is 0. The van der Waals surface area contributed by atoms with E-state index in [2.05, 4.69) is 39.2 Å². The Morgan fingerprint density at radius 1 is 1.35 bits per heavy atom. The Hall–Kier alpha value is -0.800. The van der Waals surface area contributed by atoms with E-state index in [0.717, 1.165) is 22.2 Å². The monoisotopic (exact) mass is 312 g/mol. The van der Waals surface area contributed by atoms with Gasteiger partial charge in [-0.3, -0.25) is 0 Å². The van der Waals surface area contributed by atoms with Gasteiger partial charge in [0.05, 0.1) is 0 Å². The molecule has 2 rings (SSSR count). The summed E-state index contributed by atoms with van der Waals surface area (Å²) in [4.78, 5) is 4.38. The van der Waals surface area contributed by atoms with Crippen molar-refractivity contribution < 1.29 is 0 Å². The normalized spacial score (nSPS) is 12.6. The van der Waals surface area contributed by atoms with Crippen molar-refractivity contribution in [3.63, 3.8) is 0 Å². The average Bonchev–Trinajstić information content (AvgIpc) is 2.36. The van der Waals surface area contributed by atoms with Crippen LogP contribution in [0.3, 0.4) is 0 Å². The van der Waals surface area contributed by atoms with E-state index < -0.39 is 0 Å². The van der Waals surface area contributed by atoms with E-state index in [0.29, 0.717) is 11.8 Å². The third-order valence-electron chi connectivity index (χ3n) is 2.63. The number of nitrogens with one attached hydrogen (secondary N) is 1. The van der Waals surface area contributed by atoms with Crippen LogP contribution >= 0.6 is 27.5 Å². The molecule has 17 heavy (non-hydrogen) atoms. The molecule has 0 amide bonds. The van der Waals surface area contributed by atoms with E-state index in [4.69, 9.17) is 11.6 Å². The molecule has 1 aromatic heterocycles. The van der Waals surface area contributed by atoms with Gasteiger partial charge < -0.3 is 5.32 Å². The van der Waals surface area contributed by atoms with Crippen LogP contribution in [0, 0.1) is 5.92 Å². The van der Waals surface area contributed by atoms with Crippen molar-refractivity contribution in [1.82, 2.24) is 4.98 Å².